The lowest BCUT2D eigenvalue weighted by Gasteiger charge is -2.41. The number of rotatable bonds is 21. The molecule has 1 aliphatic carbocycles. The van der Waals surface area contributed by atoms with E-state index >= 15 is 0 Å². The van der Waals surface area contributed by atoms with Crippen LogP contribution >= 0.6 is 0 Å². The third-order valence-electron chi connectivity index (χ3n) is 12.0. The highest BCUT2D eigenvalue weighted by molar-refractivity contribution is 5.90. The number of hydrogen-bond donors (Lipinski definition) is 3. The first kappa shape index (κ1) is 48.7. The van der Waals surface area contributed by atoms with Gasteiger partial charge >= 0.3 is 5.97 Å². The molecule has 0 aromatic heterocycles. The standard InChI is InChI=1S/C44H72FN5O8/c1-15-26(6)38(49(12)42(54)37(25(4)5)48-41(53)36(46-11)24(2)3)34(56-13)23-35(51)50-32-21-29(32)22-33(50)39(57-14)27(7)40(52)47-31(43(55)58-44(8,9)10)20-28-18-16-17-19-30(28)45/h16-19,24-27,29,31-34,36-39,46H,15,20-23H2,1-14H3,(H,47,52)(H,48,53)/t26?,27?,29-,31?,32-,33-,34?,36?,37?,38?,39?/m0/s1. The normalized spacial score (nSPS) is 21.9. The summed E-state index contributed by atoms with van der Waals surface area (Å²) < 4.78 is 32.4. The molecule has 11 atom stereocenters. The molecule has 0 radical (unpaired) electrons. The first-order valence-electron chi connectivity index (χ1n) is 21.0. The molecule has 0 bridgehead atoms. The highest BCUT2D eigenvalue weighted by atomic mass is 19.1. The zero-order chi connectivity index (χ0) is 43.8. The van der Waals surface area contributed by atoms with Crippen molar-refractivity contribution in [3.8, 4) is 0 Å². The minimum absolute atomic E-state index is 0.0117. The molecule has 1 saturated heterocycles. The van der Waals surface area contributed by atoms with Crippen LogP contribution in [0.25, 0.3) is 0 Å². The quantitative estimate of drug-likeness (QED) is 0.152. The SMILES string of the molecule is CCC(C)C(C(CC(=O)N1[C@H](C(OC)C(C)C(=O)NC(Cc2ccccc2F)C(=O)OC(C)(C)C)C[C@@H]2C[C@@H]21)OC)N(C)C(=O)C(NC(=O)C(NC)C(C)C)C(C)C. The molecule has 4 amide bonds. The molecular weight excluding hydrogens is 746 g/mol. The third kappa shape index (κ3) is 12.2. The third-order valence-corrected chi connectivity index (χ3v) is 12.0. The number of carbonyl (C=O) groups excluding carboxylic acids is 5. The van der Waals surface area contributed by atoms with Gasteiger partial charge in [0.25, 0.3) is 0 Å². The number of fused-ring (bicyclic) bond motifs is 1. The van der Waals surface area contributed by atoms with Crippen LogP contribution in [-0.4, -0.2) is 122 Å². The number of likely N-dealkylation sites (tertiary alicyclic amines) is 1. The second kappa shape index (κ2) is 21.1. The number of piperidine rings is 1. The second-order valence-corrected chi connectivity index (χ2v) is 18.1. The van der Waals surface area contributed by atoms with Crippen LogP contribution in [0.15, 0.2) is 24.3 Å². The molecule has 1 saturated carbocycles. The minimum Gasteiger partial charge on any atom is -0.458 e. The van der Waals surface area contributed by atoms with E-state index in [1.54, 1.807) is 72.0 Å². The van der Waals surface area contributed by atoms with Gasteiger partial charge in [-0.15, -0.1) is 0 Å². The van der Waals surface area contributed by atoms with Gasteiger partial charge in [-0.25, -0.2) is 9.18 Å². The van der Waals surface area contributed by atoms with Crippen LogP contribution in [0.2, 0.25) is 0 Å². The Morgan fingerprint density at radius 1 is 0.914 bits per heavy atom. The molecule has 2 aliphatic rings. The van der Waals surface area contributed by atoms with Gasteiger partial charge in [-0.2, -0.15) is 0 Å². The van der Waals surface area contributed by atoms with Crippen LogP contribution in [0.5, 0.6) is 0 Å². The van der Waals surface area contributed by atoms with Gasteiger partial charge in [0.05, 0.1) is 42.7 Å². The van der Waals surface area contributed by atoms with E-state index in [0.29, 0.717) is 12.8 Å². The van der Waals surface area contributed by atoms with Gasteiger partial charge in [0.15, 0.2) is 0 Å². The Labute approximate surface area is 346 Å². The number of esters is 1. The predicted molar refractivity (Wildman–Crippen MR) is 221 cm³/mol. The van der Waals surface area contributed by atoms with E-state index in [9.17, 15) is 28.4 Å². The molecule has 13 nitrogen and oxygen atoms in total. The number of halogens is 1. The zero-order valence-electron chi connectivity index (χ0n) is 37.4. The molecule has 328 valence electrons. The Morgan fingerprint density at radius 3 is 2.05 bits per heavy atom. The lowest BCUT2D eigenvalue weighted by molar-refractivity contribution is -0.159. The number of likely N-dealkylation sites (N-methyl/N-ethyl adjacent to an activating group) is 2. The zero-order valence-corrected chi connectivity index (χ0v) is 37.4. The smallest absolute Gasteiger partial charge is 0.329 e. The van der Waals surface area contributed by atoms with Crippen molar-refractivity contribution >= 4 is 29.6 Å². The molecule has 1 heterocycles. The van der Waals surface area contributed by atoms with Gasteiger partial charge in [-0.1, -0.05) is 73.1 Å². The molecule has 58 heavy (non-hydrogen) atoms. The molecule has 14 heteroatoms. The van der Waals surface area contributed by atoms with Gasteiger partial charge in [-0.3, -0.25) is 19.2 Å². The number of carbonyl (C=O) groups is 5. The van der Waals surface area contributed by atoms with E-state index in [2.05, 4.69) is 16.0 Å². The van der Waals surface area contributed by atoms with Crippen molar-refractivity contribution in [2.24, 2.45) is 29.6 Å². The molecule has 1 aromatic carbocycles. The average molecular weight is 818 g/mol. The second-order valence-electron chi connectivity index (χ2n) is 18.1. The van der Waals surface area contributed by atoms with Gasteiger partial charge in [0, 0.05) is 33.7 Å². The largest absolute Gasteiger partial charge is 0.458 e. The summed E-state index contributed by atoms with van der Waals surface area (Å²) in [6, 6.07) is 2.72. The van der Waals surface area contributed by atoms with E-state index in [4.69, 9.17) is 14.2 Å². The van der Waals surface area contributed by atoms with Crippen LogP contribution in [0.4, 0.5) is 4.39 Å². The van der Waals surface area contributed by atoms with E-state index < -0.39 is 71.6 Å². The van der Waals surface area contributed by atoms with Gasteiger partial charge in [0.1, 0.15) is 23.5 Å². The van der Waals surface area contributed by atoms with Crippen molar-refractivity contribution in [3.63, 3.8) is 0 Å². The van der Waals surface area contributed by atoms with Crippen LogP contribution in [-0.2, 0) is 44.6 Å². The van der Waals surface area contributed by atoms with Gasteiger partial charge in [0.2, 0.25) is 23.6 Å². The number of nitrogens with zero attached hydrogens (tertiary/aromatic N) is 2. The van der Waals surface area contributed by atoms with Crippen LogP contribution < -0.4 is 16.0 Å². The average Bonchev–Trinajstić information content (AvgIpc) is 3.81. The van der Waals surface area contributed by atoms with Crippen molar-refractivity contribution in [1.29, 1.82) is 0 Å². The fourth-order valence-electron chi connectivity index (χ4n) is 8.50. The molecule has 1 aromatic rings. The van der Waals surface area contributed by atoms with Gasteiger partial charge in [-0.05, 0) is 76.0 Å². The maximum atomic E-state index is 14.7. The van der Waals surface area contributed by atoms with Crippen molar-refractivity contribution in [2.45, 2.75) is 155 Å². The summed E-state index contributed by atoms with van der Waals surface area (Å²) in [4.78, 5) is 72.8. The number of methoxy groups -OCH3 is 2. The molecule has 3 rings (SSSR count). The minimum atomic E-state index is -1.17. The first-order chi connectivity index (χ1) is 27.1. The number of nitrogens with one attached hydrogen (secondary N) is 3. The Balaban J connectivity index is 1.84. The van der Waals surface area contributed by atoms with E-state index in [-0.39, 0.29) is 65.8 Å². The van der Waals surface area contributed by atoms with Crippen molar-refractivity contribution in [2.75, 3.05) is 28.3 Å². The maximum absolute atomic E-state index is 14.7. The molecule has 3 N–H and O–H groups in total. The van der Waals surface area contributed by atoms with Gasteiger partial charge < -0.3 is 40.0 Å². The molecular formula is C44H72FN5O8. The summed E-state index contributed by atoms with van der Waals surface area (Å²) in [7, 11) is 6.48. The number of hydrogen-bond acceptors (Lipinski definition) is 9. The summed E-state index contributed by atoms with van der Waals surface area (Å²) in [5, 5.41) is 8.84. The fourth-order valence-corrected chi connectivity index (χ4v) is 8.50. The maximum Gasteiger partial charge on any atom is 0.329 e. The highest BCUT2D eigenvalue weighted by Crippen LogP contribution is 2.50. The van der Waals surface area contributed by atoms with E-state index in [1.807, 2.05) is 46.4 Å². The molecule has 0 spiro atoms. The summed E-state index contributed by atoms with van der Waals surface area (Å²) in [5.74, 6) is -3.14. The molecule has 2 fully saturated rings. The van der Waals surface area contributed by atoms with Crippen LogP contribution in [0, 0.1) is 35.4 Å². The number of ether oxygens (including phenoxy) is 3. The monoisotopic (exact) mass is 818 g/mol. The van der Waals surface area contributed by atoms with Crippen molar-refractivity contribution in [3.05, 3.63) is 35.6 Å². The predicted octanol–water partition coefficient (Wildman–Crippen LogP) is 4.50. The lowest BCUT2D eigenvalue weighted by atomic mass is 9.89. The summed E-state index contributed by atoms with van der Waals surface area (Å²) >= 11 is 0. The van der Waals surface area contributed by atoms with Crippen molar-refractivity contribution < 1.29 is 42.6 Å². The van der Waals surface area contributed by atoms with Crippen LogP contribution in [0.3, 0.4) is 0 Å². The van der Waals surface area contributed by atoms with E-state index in [0.717, 1.165) is 6.42 Å². The Bertz CT molecular complexity index is 1570. The van der Waals surface area contributed by atoms with Crippen molar-refractivity contribution in [1.82, 2.24) is 25.8 Å². The Hall–Kier alpha value is -3.62. The fraction of sp³-hybridized carbons (Fsp3) is 0.750. The lowest BCUT2D eigenvalue weighted by Crippen LogP contribution is -2.59. The number of benzene rings is 1. The number of amides is 4. The summed E-state index contributed by atoms with van der Waals surface area (Å²) in [6.07, 6.45) is 0.672. The first-order valence-corrected chi connectivity index (χ1v) is 21.0. The Morgan fingerprint density at radius 2 is 1.53 bits per heavy atom. The molecule has 1 aliphatic heterocycles. The molecule has 8 unspecified atom stereocenters. The van der Waals surface area contributed by atoms with E-state index in [1.165, 1.54) is 13.2 Å². The Kier molecular flexibility index (Phi) is 17.7. The summed E-state index contributed by atoms with van der Waals surface area (Å²) in [5.41, 5.74) is -0.580. The summed E-state index contributed by atoms with van der Waals surface area (Å²) in [6.45, 7) is 18.6. The topological polar surface area (TPSA) is 156 Å². The highest BCUT2D eigenvalue weighted by Gasteiger charge is 2.57. The van der Waals surface area contributed by atoms with Crippen LogP contribution in [0.1, 0.15) is 100 Å².